The van der Waals surface area contributed by atoms with Crippen LogP contribution >= 0.6 is 0 Å². The number of aromatic nitrogens is 2. The van der Waals surface area contributed by atoms with Gasteiger partial charge in [-0.05, 0) is 88.6 Å². The summed E-state index contributed by atoms with van der Waals surface area (Å²) in [5.74, 6) is 0.564. The highest BCUT2D eigenvalue weighted by Crippen LogP contribution is 2.37. The normalized spacial score (nSPS) is 22.1. The Morgan fingerprint density at radius 2 is 1.95 bits per heavy atom. The second kappa shape index (κ2) is 13.3. The molecule has 6 rings (SSSR count). The highest BCUT2D eigenvalue weighted by atomic mass is 16.5. The number of anilines is 2. The molecule has 2 aromatic heterocycles. The number of aryl methyl sites for hydroxylation is 1. The van der Waals surface area contributed by atoms with E-state index in [-0.39, 0.29) is 11.9 Å². The molecule has 9 nitrogen and oxygen atoms in total. The number of fused-ring (bicyclic) bond motifs is 2. The molecule has 2 atom stereocenters. The predicted octanol–water partition coefficient (Wildman–Crippen LogP) is 4.29. The fourth-order valence-electron chi connectivity index (χ4n) is 7.57. The summed E-state index contributed by atoms with van der Waals surface area (Å²) in [6, 6.07) is 4.88. The fraction of sp³-hybridized carbons (Fsp3) is 0.588. The van der Waals surface area contributed by atoms with Gasteiger partial charge in [-0.1, -0.05) is 6.58 Å². The summed E-state index contributed by atoms with van der Waals surface area (Å²) in [5, 5.41) is 9.54. The lowest BCUT2D eigenvalue weighted by molar-refractivity contribution is -0.128. The number of carbonyl (C=O) groups excluding carboxylic acids is 1. The summed E-state index contributed by atoms with van der Waals surface area (Å²) in [5.41, 5.74) is 7.55. The number of nitriles is 1. The third kappa shape index (κ3) is 6.35. The number of amides is 1. The minimum absolute atomic E-state index is 0.107. The lowest BCUT2D eigenvalue weighted by atomic mass is 9.91. The van der Waals surface area contributed by atoms with Crippen LogP contribution in [0, 0.1) is 11.3 Å². The molecule has 4 aliphatic rings. The maximum absolute atomic E-state index is 12.6. The van der Waals surface area contributed by atoms with Crippen molar-refractivity contribution in [3.8, 4) is 11.9 Å². The number of hydrogen-bond acceptors (Lipinski definition) is 8. The summed E-state index contributed by atoms with van der Waals surface area (Å²) >= 11 is 0. The molecular formula is C34H45N7O2. The molecule has 228 valence electrons. The SMILES string of the molecule is C=CC(=O)N1CCN(c2cc(OCCC[C@@H]3CCCN3C)nc3c2CCN(c2cncc4c2CCCC4)C3)C[C@@H]1CC#N. The van der Waals surface area contributed by atoms with E-state index in [1.54, 1.807) is 4.90 Å². The topological polar surface area (TPSA) is 88.8 Å². The van der Waals surface area contributed by atoms with Crippen LogP contribution in [0.1, 0.15) is 67.3 Å². The molecule has 0 spiro atoms. The number of likely N-dealkylation sites (tertiary alicyclic amines) is 1. The van der Waals surface area contributed by atoms with Gasteiger partial charge in [0, 0.05) is 55.7 Å². The molecule has 2 saturated heterocycles. The molecule has 1 aliphatic carbocycles. The first-order valence-corrected chi connectivity index (χ1v) is 16.2. The van der Waals surface area contributed by atoms with Gasteiger partial charge >= 0.3 is 0 Å². The van der Waals surface area contributed by atoms with E-state index < -0.39 is 0 Å². The van der Waals surface area contributed by atoms with E-state index in [1.807, 2.05) is 6.20 Å². The predicted molar refractivity (Wildman–Crippen MR) is 168 cm³/mol. The van der Waals surface area contributed by atoms with E-state index >= 15 is 0 Å². The zero-order valence-corrected chi connectivity index (χ0v) is 25.6. The second-order valence-electron chi connectivity index (χ2n) is 12.5. The Balaban J connectivity index is 1.26. The molecule has 0 radical (unpaired) electrons. The molecule has 0 aromatic carbocycles. The number of pyridine rings is 2. The van der Waals surface area contributed by atoms with Crippen molar-refractivity contribution in [3.63, 3.8) is 0 Å². The molecule has 1 amide bonds. The Morgan fingerprint density at radius 3 is 2.77 bits per heavy atom. The highest BCUT2D eigenvalue weighted by Gasteiger charge is 2.33. The first-order chi connectivity index (χ1) is 21.1. The molecule has 43 heavy (non-hydrogen) atoms. The van der Waals surface area contributed by atoms with Gasteiger partial charge in [-0.2, -0.15) is 5.26 Å². The van der Waals surface area contributed by atoms with Gasteiger partial charge in [-0.15, -0.1) is 0 Å². The van der Waals surface area contributed by atoms with Crippen molar-refractivity contribution in [2.45, 2.75) is 82.8 Å². The average Bonchev–Trinajstić information content (AvgIpc) is 3.46. The van der Waals surface area contributed by atoms with Gasteiger partial charge in [-0.3, -0.25) is 9.78 Å². The first-order valence-electron chi connectivity index (χ1n) is 16.2. The Morgan fingerprint density at radius 1 is 1.07 bits per heavy atom. The van der Waals surface area contributed by atoms with E-state index in [9.17, 15) is 10.1 Å². The quantitative estimate of drug-likeness (QED) is 0.319. The summed E-state index contributed by atoms with van der Waals surface area (Å²) in [6.45, 7) is 9.02. The van der Waals surface area contributed by atoms with Crippen LogP contribution in [0.15, 0.2) is 31.1 Å². The number of carbonyl (C=O) groups is 1. The second-order valence-corrected chi connectivity index (χ2v) is 12.5. The lowest BCUT2D eigenvalue weighted by Crippen LogP contribution is -2.55. The Kier molecular flexibility index (Phi) is 9.13. The van der Waals surface area contributed by atoms with E-state index in [2.05, 4.69) is 51.6 Å². The van der Waals surface area contributed by atoms with Crippen LogP contribution in [0.25, 0.3) is 0 Å². The van der Waals surface area contributed by atoms with Gasteiger partial charge < -0.3 is 24.3 Å². The fourth-order valence-corrected chi connectivity index (χ4v) is 7.57. The largest absolute Gasteiger partial charge is 0.478 e. The van der Waals surface area contributed by atoms with Gasteiger partial charge in [0.25, 0.3) is 0 Å². The summed E-state index contributed by atoms with van der Waals surface area (Å²) < 4.78 is 6.36. The van der Waals surface area contributed by atoms with Crippen molar-refractivity contribution in [3.05, 3.63) is 53.5 Å². The Bertz CT molecular complexity index is 1370. The van der Waals surface area contributed by atoms with E-state index in [0.717, 1.165) is 56.6 Å². The van der Waals surface area contributed by atoms with Crippen molar-refractivity contribution >= 4 is 17.3 Å². The van der Waals surface area contributed by atoms with Gasteiger partial charge in [-0.25, -0.2) is 4.98 Å². The van der Waals surface area contributed by atoms with Gasteiger partial charge in [0.05, 0.1) is 49.3 Å². The summed E-state index contributed by atoms with van der Waals surface area (Å²) in [7, 11) is 2.23. The van der Waals surface area contributed by atoms with Gasteiger partial charge in [0.1, 0.15) is 0 Å². The minimum atomic E-state index is -0.178. The van der Waals surface area contributed by atoms with E-state index in [0.29, 0.717) is 44.6 Å². The lowest BCUT2D eigenvalue weighted by Gasteiger charge is -2.43. The maximum atomic E-state index is 12.6. The number of hydrogen-bond donors (Lipinski definition) is 0. The first kappa shape index (κ1) is 29.4. The zero-order valence-electron chi connectivity index (χ0n) is 25.6. The maximum Gasteiger partial charge on any atom is 0.246 e. The number of nitrogens with zero attached hydrogens (tertiary/aromatic N) is 7. The van der Waals surface area contributed by atoms with Crippen LogP contribution in [0.4, 0.5) is 11.4 Å². The van der Waals surface area contributed by atoms with E-state index in [1.165, 1.54) is 60.7 Å². The van der Waals surface area contributed by atoms with Crippen LogP contribution < -0.4 is 14.5 Å². The Hall–Kier alpha value is -3.64. The minimum Gasteiger partial charge on any atom is -0.478 e. The monoisotopic (exact) mass is 583 g/mol. The molecule has 9 heteroatoms. The highest BCUT2D eigenvalue weighted by molar-refractivity contribution is 5.87. The van der Waals surface area contributed by atoms with Crippen molar-refractivity contribution in [1.82, 2.24) is 19.8 Å². The molecule has 0 N–H and O–H groups in total. The average molecular weight is 584 g/mol. The number of piperazine rings is 1. The van der Waals surface area contributed by atoms with Crippen molar-refractivity contribution in [2.75, 3.05) is 56.2 Å². The van der Waals surface area contributed by atoms with Crippen LogP contribution in [-0.2, 0) is 30.6 Å². The van der Waals surface area contributed by atoms with Crippen LogP contribution in [-0.4, -0.2) is 84.1 Å². The summed E-state index contributed by atoms with van der Waals surface area (Å²) in [6.07, 6.45) is 16.0. The van der Waals surface area contributed by atoms with Gasteiger partial charge in [0.15, 0.2) is 0 Å². The molecule has 0 unspecified atom stereocenters. The van der Waals surface area contributed by atoms with Crippen LogP contribution in [0.2, 0.25) is 0 Å². The molecule has 0 saturated carbocycles. The third-order valence-electron chi connectivity index (χ3n) is 9.93. The molecule has 2 aromatic rings. The van der Waals surface area contributed by atoms with Crippen molar-refractivity contribution in [1.29, 1.82) is 5.26 Å². The molecule has 0 bridgehead atoms. The Labute approximate surface area is 256 Å². The number of rotatable bonds is 9. The third-order valence-corrected chi connectivity index (χ3v) is 9.93. The van der Waals surface area contributed by atoms with Crippen molar-refractivity contribution in [2.24, 2.45) is 0 Å². The molecular weight excluding hydrogens is 538 g/mol. The zero-order chi connectivity index (χ0) is 29.8. The van der Waals surface area contributed by atoms with Crippen molar-refractivity contribution < 1.29 is 9.53 Å². The van der Waals surface area contributed by atoms with Gasteiger partial charge in [0.2, 0.25) is 11.8 Å². The van der Waals surface area contributed by atoms with E-state index in [4.69, 9.17) is 9.72 Å². The molecule has 2 fully saturated rings. The van der Waals surface area contributed by atoms with Crippen LogP contribution in [0.3, 0.4) is 0 Å². The standard InChI is InChI=1S/C34H45N7O2/c1-3-34(42)41-18-17-40(23-27(41)12-14-35)31-20-33(43-19-7-10-26-9-6-15-38(26)2)37-30-24-39(16-13-29(30)31)32-22-36-21-25-8-4-5-11-28(25)32/h3,20-22,26-27H,1,4-13,15-19,23-24H2,2H3/t26-,27-/m0/s1. The summed E-state index contributed by atoms with van der Waals surface area (Å²) in [4.78, 5) is 31.3. The smallest absolute Gasteiger partial charge is 0.246 e. The molecule has 5 heterocycles. The molecule has 3 aliphatic heterocycles. The van der Waals surface area contributed by atoms with Crippen LogP contribution in [0.5, 0.6) is 5.88 Å². The number of ether oxygens (including phenoxy) is 1.